The predicted octanol–water partition coefficient (Wildman–Crippen LogP) is 3.40. The number of aryl methyl sites for hydroxylation is 1. The molecule has 144 valence electrons. The lowest BCUT2D eigenvalue weighted by atomic mass is 9.99. The van der Waals surface area contributed by atoms with E-state index in [1.54, 1.807) is 14.2 Å². The zero-order valence-electron chi connectivity index (χ0n) is 15.8. The van der Waals surface area contributed by atoms with Gasteiger partial charge >= 0.3 is 0 Å². The molecule has 0 aliphatic carbocycles. The van der Waals surface area contributed by atoms with Crippen LogP contribution in [0.15, 0.2) is 18.2 Å². The lowest BCUT2D eigenvalue weighted by molar-refractivity contribution is 0.183. The molecule has 3 heterocycles. The van der Waals surface area contributed by atoms with E-state index in [1.807, 2.05) is 25.1 Å². The molecule has 1 aliphatic rings. The Bertz CT molecular complexity index is 946. The fourth-order valence-electron chi connectivity index (χ4n) is 3.76. The van der Waals surface area contributed by atoms with Crippen molar-refractivity contribution in [3.8, 4) is 17.4 Å². The number of aromatic hydroxyl groups is 1. The molecule has 0 amide bonds. The van der Waals surface area contributed by atoms with Crippen LogP contribution in [0.5, 0.6) is 17.4 Å². The van der Waals surface area contributed by atoms with Gasteiger partial charge in [0.05, 0.1) is 25.1 Å². The number of aromatic nitrogens is 3. The fourth-order valence-corrected chi connectivity index (χ4v) is 4.91. The highest BCUT2D eigenvalue weighted by Gasteiger charge is 2.32. The van der Waals surface area contributed by atoms with E-state index in [0.717, 1.165) is 47.9 Å². The van der Waals surface area contributed by atoms with E-state index in [9.17, 15) is 5.11 Å². The molecule has 0 spiro atoms. The van der Waals surface area contributed by atoms with E-state index >= 15 is 0 Å². The third kappa shape index (κ3) is 3.23. The number of hydrogen-bond donors (Lipinski definition) is 1. The number of piperidine rings is 1. The van der Waals surface area contributed by atoms with Crippen molar-refractivity contribution in [3.63, 3.8) is 0 Å². The van der Waals surface area contributed by atoms with E-state index in [1.165, 1.54) is 22.3 Å². The summed E-state index contributed by atoms with van der Waals surface area (Å²) in [6.45, 7) is 3.76. The summed E-state index contributed by atoms with van der Waals surface area (Å²) >= 11 is 1.48. The van der Waals surface area contributed by atoms with Gasteiger partial charge in [-0.1, -0.05) is 17.8 Å². The first-order valence-electron chi connectivity index (χ1n) is 9.13. The summed E-state index contributed by atoms with van der Waals surface area (Å²) in [6.07, 6.45) is 3.52. The standard InChI is InChI=1S/C19H24N4O3S/c1-12-20-19-23(21-12)18(24)17(27-19)16(22-9-5-4-6-10-22)14-11-13(25-2)7-8-15(14)26-3/h7-8,11,16,24H,4-6,9-10H2,1-3H3/t16-/m0/s1. The summed E-state index contributed by atoms with van der Waals surface area (Å²) in [5.74, 6) is 2.34. The molecule has 27 heavy (non-hydrogen) atoms. The Balaban J connectivity index is 1.89. The third-order valence-electron chi connectivity index (χ3n) is 5.04. The highest BCUT2D eigenvalue weighted by molar-refractivity contribution is 7.17. The Labute approximate surface area is 162 Å². The minimum absolute atomic E-state index is 0.135. The number of benzene rings is 1. The first kappa shape index (κ1) is 18.1. The number of likely N-dealkylation sites (tertiary alicyclic amines) is 1. The van der Waals surface area contributed by atoms with E-state index in [-0.39, 0.29) is 11.9 Å². The van der Waals surface area contributed by atoms with Gasteiger partial charge in [0, 0.05) is 5.56 Å². The van der Waals surface area contributed by atoms with Crippen LogP contribution in [0.2, 0.25) is 0 Å². The Morgan fingerprint density at radius 1 is 1.15 bits per heavy atom. The molecule has 0 saturated carbocycles. The van der Waals surface area contributed by atoms with Gasteiger partial charge in [-0.2, -0.15) is 4.52 Å². The van der Waals surface area contributed by atoms with Crippen molar-refractivity contribution < 1.29 is 14.6 Å². The third-order valence-corrected chi connectivity index (χ3v) is 6.11. The van der Waals surface area contributed by atoms with Crippen molar-refractivity contribution in [3.05, 3.63) is 34.5 Å². The van der Waals surface area contributed by atoms with Gasteiger partial charge in [0.2, 0.25) is 10.8 Å². The molecule has 1 aromatic carbocycles. The predicted molar refractivity (Wildman–Crippen MR) is 104 cm³/mol. The Morgan fingerprint density at radius 3 is 2.59 bits per heavy atom. The average Bonchev–Trinajstić information content (AvgIpc) is 3.20. The molecule has 1 atom stereocenters. The molecule has 2 aromatic heterocycles. The van der Waals surface area contributed by atoms with Crippen molar-refractivity contribution >= 4 is 16.3 Å². The molecule has 0 radical (unpaired) electrons. The van der Waals surface area contributed by atoms with E-state index in [2.05, 4.69) is 15.0 Å². The smallest absolute Gasteiger partial charge is 0.230 e. The van der Waals surface area contributed by atoms with Crippen LogP contribution >= 0.6 is 11.3 Å². The van der Waals surface area contributed by atoms with E-state index in [0.29, 0.717) is 10.8 Å². The zero-order chi connectivity index (χ0) is 19.0. The summed E-state index contributed by atoms with van der Waals surface area (Å²) in [5, 5.41) is 15.2. The summed E-state index contributed by atoms with van der Waals surface area (Å²) < 4.78 is 12.6. The molecule has 4 rings (SSSR count). The maximum absolute atomic E-state index is 10.9. The SMILES string of the molecule is COc1ccc(OC)c([C@@H](c2sc3nc(C)nn3c2O)N2CCCCC2)c1. The summed E-state index contributed by atoms with van der Waals surface area (Å²) in [7, 11) is 3.33. The van der Waals surface area contributed by atoms with Crippen LogP contribution in [-0.4, -0.2) is 51.9 Å². The molecule has 1 fully saturated rings. The summed E-state index contributed by atoms with van der Waals surface area (Å²) in [6, 6.07) is 5.67. The maximum Gasteiger partial charge on any atom is 0.230 e. The fraction of sp³-hybridized carbons (Fsp3) is 0.474. The highest BCUT2D eigenvalue weighted by Crippen LogP contribution is 2.44. The first-order chi connectivity index (χ1) is 13.1. The molecule has 0 unspecified atom stereocenters. The van der Waals surface area contributed by atoms with Crippen LogP contribution in [0.3, 0.4) is 0 Å². The number of nitrogens with zero attached hydrogens (tertiary/aromatic N) is 4. The van der Waals surface area contributed by atoms with Crippen LogP contribution in [0.1, 0.15) is 41.6 Å². The van der Waals surface area contributed by atoms with Gasteiger partial charge in [0.15, 0.2) is 0 Å². The van der Waals surface area contributed by atoms with Gasteiger partial charge in [-0.05, 0) is 51.1 Å². The number of thiazole rings is 1. The minimum atomic E-state index is -0.135. The molecule has 8 heteroatoms. The van der Waals surface area contributed by atoms with Crippen LogP contribution in [0.4, 0.5) is 0 Å². The van der Waals surface area contributed by atoms with Crippen molar-refractivity contribution in [2.24, 2.45) is 0 Å². The molecular weight excluding hydrogens is 364 g/mol. The maximum atomic E-state index is 10.9. The second kappa shape index (κ2) is 7.36. The number of methoxy groups -OCH3 is 2. The van der Waals surface area contributed by atoms with Crippen molar-refractivity contribution in [2.75, 3.05) is 27.3 Å². The average molecular weight is 388 g/mol. The summed E-state index contributed by atoms with van der Waals surface area (Å²) in [5.41, 5.74) is 0.982. The second-order valence-electron chi connectivity index (χ2n) is 6.75. The van der Waals surface area contributed by atoms with E-state index in [4.69, 9.17) is 9.47 Å². The van der Waals surface area contributed by atoms with Gasteiger partial charge in [0.1, 0.15) is 17.3 Å². The number of hydrogen-bond acceptors (Lipinski definition) is 7. The largest absolute Gasteiger partial charge is 0.497 e. The number of rotatable bonds is 5. The second-order valence-corrected chi connectivity index (χ2v) is 7.76. The van der Waals surface area contributed by atoms with Crippen LogP contribution in [0, 0.1) is 6.92 Å². The monoisotopic (exact) mass is 388 g/mol. The number of fused-ring (bicyclic) bond motifs is 1. The zero-order valence-corrected chi connectivity index (χ0v) is 16.6. The van der Waals surface area contributed by atoms with E-state index < -0.39 is 0 Å². The van der Waals surface area contributed by atoms with Gasteiger partial charge in [0.25, 0.3) is 0 Å². The van der Waals surface area contributed by atoms with Crippen LogP contribution < -0.4 is 9.47 Å². The quantitative estimate of drug-likeness (QED) is 0.722. The highest BCUT2D eigenvalue weighted by atomic mass is 32.1. The lowest BCUT2D eigenvalue weighted by Crippen LogP contribution is -2.34. The molecule has 0 bridgehead atoms. The van der Waals surface area contributed by atoms with Crippen LogP contribution in [0.25, 0.3) is 4.96 Å². The molecule has 1 N–H and O–H groups in total. The molecular formula is C19H24N4O3S. The molecule has 7 nitrogen and oxygen atoms in total. The van der Waals surface area contributed by atoms with Crippen LogP contribution in [-0.2, 0) is 0 Å². The summed E-state index contributed by atoms with van der Waals surface area (Å²) in [4.78, 5) is 8.36. The lowest BCUT2D eigenvalue weighted by Gasteiger charge is -2.35. The number of ether oxygens (including phenoxy) is 2. The normalized spacial score (nSPS) is 16.6. The molecule has 3 aromatic rings. The molecule has 1 aliphatic heterocycles. The Hall–Kier alpha value is -2.32. The van der Waals surface area contributed by atoms with Crippen molar-refractivity contribution in [1.82, 2.24) is 19.5 Å². The minimum Gasteiger partial charge on any atom is -0.497 e. The van der Waals surface area contributed by atoms with Crippen molar-refractivity contribution in [1.29, 1.82) is 0 Å². The van der Waals surface area contributed by atoms with Gasteiger partial charge in [-0.25, -0.2) is 4.98 Å². The van der Waals surface area contributed by atoms with Crippen molar-refractivity contribution in [2.45, 2.75) is 32.2 Å². The topological polar surface area (TPSA) is 72.1 Å². The van der Waals surface area contributed by atoms with Gasteiger partial charge in [-0.3, -0.25) is 4.90 Å². The van der Waals surface area contributed by atoms with Gasteiger partial charge in [-0.15, -0.1) is 5.10 Å². The Kier molecular flexibility index (Phi) is 4.92. The molecule has 1 saturated heterocycles. The Morgan fingerprint density at radius 2 is 1.93 bits per heavy atom. The van der Waals surface area contributed by atoms with Gasteiger partial charge < -0.3 is 14.6 Å². The first-order valence-corrected chi connectivity index (χ1v) is 9.95.